The van der Waals surface area contributed by atoms with Crippen molar-refractivity contribution in [2.24, 2.45) is 5.73 Å². The van der Waals surface area contributed by atoms with Gasteiger partial charge in [0, 0.05) is 56.6 Å². The number of hydrogen-bond donors (Lipinski definition) is 1. The Morgan fingerprint density at radius 2 is 1.76 bits per heavy atom. The second kappa shape index (κ2) is 6.83. The number of aromatic nitrogens is 2. The molecule has 0 aromatic carbocycles. The molecule has 0 saturated carbocycles. The van der Waals surface area contributed by atoms with Crippen LogP contribution in [0.4, 0.5) is 5.95 Å². The third-order valence-corrected chi connectivity index (χ3v) is 5.60. The lowest BCUT2D eigenvalue weighted by Crippen LogP contribution is -2.53. The van der Waals surface area contributed by atoms with E-state index in [0.717, 1.165) is 37.6 Å². The molecule has 2 aliphatic heterocycles. The minimum absolute atomic E-state index is 0.357. The molecule has 2 saturated heterocycles. The first-order valence-corrected chi connectivity index (χ1v) is 9.10. The molecule has 3 rings (SSSR count). The monoisotopic (exact) mass is 347 g/mol. The van der Waals surface area contributed by atoms with Crippen LogP contribution in [0.25, 0.3) is 0 Å². The van der Waals surface area contributed by atoms with Gasteiger partial charge in [0.15, 0.2) is 0 Å². The molecule has 7 nitrogen and oxygen atoms in total. The smallest absolute Gasteiger partial charge is 0.399 e. The van der Waals surface area contributed by atoms with Crippen LogP contribution in [0.5, 0.6) is 0 Å². The average molecular weight is 347 g/mol. The maximum absolute atomic E-state index is 6.06. The number of piperazine rings is 1. The van der Waals surface area contributed by atoms with Crippen LogP contribution in [0.3, 0.4) is 0 Å². The Morgan fingerprint density at radius 3 is 2.28 bits per heavy atom. The Kier molecular flexibility index (Phi) is 5.08. The Balaban J connectivity index is 1.67. The molecule has 0 spiro atoms. The average Bonchev–Trinajstić information content (AvgIpc) is 2.76. The molecule has 0 radical (unpaired) electrons. The second-order valence-corrected chi connectivity index (χ2v) is 8.04. The molecule has 1 atom stereocenters. The highest BCUT2D eigenvalue weighted by Gasteiger charge is 2.52. The number of anilines is 1. The van der Waals surface area contributed by atoms with Gasteiger partial charge in [-0.25, -0.2) is 9.97 Å². The van der Waals surface area contributed by atoms with Crippen LogP contribution in [0.1, 0.15) is 34.6 Å². The number of rotatable bonds is 4. The zero-order chi connectivity index (χ0) is 18.2. The summed E-state index contributed by atoms with van der Waals surface area (Å²) in [4.78, 5) is 13.8. The van der Waals surface area contributed by atoms with E-state index in [4.69, 9.17) is 15.0 Å². The molecule has 0 amide bonds. The van der Waals surface area contributed by atoms with E-state index in [2.05, 4.69) is 26.7 Å². The largest absolute Gasteiger partial charge is 0.498 e. The summed E-state index contributed by atoms with van der Waals surface area (Å²) in [5.74, 6) is 0.764. The van der Waals surface area contributed by atoms with Crippen LogP contribution in [-0.4, -0.2) is 72.0 Å². The fourth-order valence-corrected chi connectivity index (χ4v) is 3.30. The molecule has 0 unspecified atom stereocenters. The van der Waals surface area contributed by atoms with E-state index >= 15 is 0 Å². The maximum atomic E-state index is 6.06. The van der Waals surface area contributed by atoms with Crippen molar-refractivity contribution in [2.75, 3.05) is 37.6 Å². The summed E-state index contributed by atoms with van der Waals surface area (Å²) < 4.78 is 12.1. The summed E-state index contributed by atoms with van der Waals surface area (Å²) in [6.45, 7) is 14.9. The first-order valence-electron chi connectivity index (χ1n) is 9.10. The summed E-state index contributed by atoms with van der Waals surface area (Å²) in [6, 6.07) is 0.364. The lowest BCUT2D eigenvalue weighted by Gasteiger charge is -2.39. The van der Waals surface area contributed by atoms with Crippen molar-refractivity contribution < 1.29 is 9.31 Å². The van der Waals surface area contributed by atoms with Crippen LogP contribution < -0.4 is 16.1 Å². The van der Waals surface area contributed by atoms with Crippen molar-refractivity contribution in [3.63, 3.8) is 0 Å². The summed E-state index contributed by atoms with van der Waals surface area (Å²) in [5, 5.41) is 0. The van der Waals surface area contributed by atoms with Crippen molar-refractivity contribution in [1.82, 2.24) is 14.9 Å². The van der Waals surface area contributed by atoms with Gasteiger partial charge in [0.1, 0.15) is 0 Å². The number of nitrogens with zero attached hydrogens (tertiary/aromatic N) is 4. The lowest BCUT2D eigenvalue weighted by atomic mass is 9.81. The Labute approximate surface area is 151 Å². The summed E-state index contributed by atoms with van der Waals surface area (Å²) in [7, 11) is -0.419. The number of nitrogens with two attached hydrogens (primary N) is 1. The highest BCUT2D eigenvalue weighted by molar-refractivity contribution is 6.61. The van der Waals surface area contributed by atoms with E-state index in [1.165, 1.54) is 0 Å². The van der Waals surface area contributed by atoms with Crippen molar-refractivity contribution in [3.05, 3.63) is 12.4 Å². The first kappa shape index (κ1) is 18.6. The van der Waals surface area contributed by atoms with E-state index in [1.54, 1.807) is 0 Å². The molecule has 2 N–H and O–H groups in total. The zero-order valence-corrected chi connectivity index (χ0v) is 16.0. The third kappa shape index (κ3) is 3.67. The Bertz CT molecular complexity index is 579. The van der Waals surface area contributed by atoms with E-state index < -0.39 is 7.12 Å². The van der Waals surface area contributed by atoms with Gasteiger partial charge < -0.3 is 19.9 Å². The van der Waals surface area contributed by atoms with Gasteiger partial charge in [0.05, 0.1) is 11.2 Å². The minimum atomic E-state index is -0.419. The Hall–Kier alpha value is -1.22. The van der Waals surface area contributed by atoms with E-state index in [9.17, 15) is 0 Å². The molecule has 1 aromatic rings. The van der Waals surface area contributed by atoms with Gasteiger partial charge in [-0.2, -0.15) is 0 Å². The molecular formula is C17H30BN5O2. The maximum Gasteiger partial charge on any atom is 0.498 e. The standard InChI is InChI=1S/C17H30BN5O2/c1-13-12-22(7-6-19)8-9-23(13)15-20-10-14(11-21-15)18-24-16(2,3)17(4,5)25-18/h10-11,13H,6-9,12,19H2,1-5H3/t13-/m0/s1. The molecule has 1 aromatic heterocycles. The van der Waals surface area contributed by atoms with Gasteiger partial charge in [-0.1, -0.05) is 0 Å². The van der Waals surface area contributed by atoms with Crippen molar-refractivity contribution in [3.8, 4) is 0 Å². The topological polar surface area (TPSA) is 76.7 Å². The summed E-state index contributed by atoms with van der Waals surface area (Å²) in [5.41, 5.74) is 5.81. The molecule has 3 heterocycles. The SMILES string of the molecule is C[C@H]1CN(CCN)CCN1c1ncc(B2OC(C)(C)C(C)(C)O2)cn1. The van der Waals surface area contributed by atoms with Gasteiger partial charge in [0.25, 0.3) is 0 Å². The van der Waals surface area contributed by atoms with Crippen LogP contribution in [-0.2, 0) is 9.31 Å². The van der Waals surface area contributed by atoms with Gasteiger partial charge in [-0.3, -0.25) is 4.90 Å². The number of hydrogen-bond acceptors (Lipinski definition) is 7. The normalized spacial score (nSPS) is 26.2. The highest BCUT2D eigenvalue weighted by atomic mass is 16.7. The van der Waals surface area contributed by atoms with Crippen LogP contribution in [0.15, 0.2) is 12.4 Å². The van der Waals surface area contributed by atoms with Crippen molar-refractivity contribution in [1.29, 1.82) is 0 Å². The van der Waals surface area contributed by atoms with E-state index in [-0.39, 0.29) is 11.2 Å². The quantitative estimate of drug-likeness (QED) is 0.782. The predicted molar refractivity (Wildman–Crippen MR) is 100 cm³/mol. The molecule has 0 aliphatic carbocycles. The van der Waals surface area contributed by atoms with E-state index in [0.29, 0.717) is 12.6 Å². The van der Waals surface area contributed by atoms with Gasteiger partial charge >= 0.3 is 7.12 Å². The summed E-state index contributed by atoms with van der Waals surface area (Å²) >= 11 is 0. The fourth-order valence-electron chi connectivity index (χ4n) is 3.30. The highest BCUT2D eigenvalue weighted by Crippen LogP contribution is 2.36. The van der Waals surface area contributed by atoms with E-state index in [1.807, 2.05) is 40.1 Å². The third-order valence-electron chi connectivity index (χ3n) is 5.60. The molecule has 2 fully saturated rings. The van der Waals surface area contributed by atoms with Crippen LogP contribution in [0, 0.1) is 0 Å². The molecular weight excluding hydrogens is 317 g/mol. The predicted octanol–water partition coefficient (Wildman–Crippen LogP) is 0.245. The Morgan fingerprint density at radius 1 is 1.16 bits per heavy atom. The van der Waals surface area contributed by atoms with Gasteiger partial charge in [0.2, 0.25) is 5.95 Å². The lowest BCUT2D eigenvalue weighted by molar-refractivity contribution is 0.00578. The molecule has 2 aliphatic rings. The van der Waals surface area contributed by atoms with Gasteiger partial charge in [-0.05, 0) is 34.6 Å². The summed E-state index contributed by atoms with van der Waals surface area (Å²) in [6.07, 6.45) is 3.65. The molecule has 8 heteroatoms. The van der Waals surface area contributed by atoms with Gasteiger partial charge in [-0.15, -0.1) is 0 Å². The minimum Gasteiger partial charge on any atom is -0.399 e. The molecule has 0 bridgehead atoms. The molecule has 25 heavy (non-hydrogen) atoms. The fraction of sp³-hybridized carbons (Fsp3) is 0.765. The zero-order valence-electron chi connectivity index (χ0n) is 16.0. The van der Waals surface area contributed by atoms with Crippen molar-refractivity contribution in [2.45, 2.75) is 51.9 Å². The van der Waals surface area contributed by atoms with Crippen LogP contribution >= 0.6 is 0 Å². The second-order valence-electron chi connectivity index (χ2n) is 8.04. The van der Waals surface area contributed by atoms with Crippen LogP contribution in [0.2, 0.25) is 0 Å². The first-order chi connectivity index (χ1) is 11.7. The molecule has 138 valence electrons. The van der Waals surface area contributed by atoms with Crippen molar-refractivity contribution >= 4 is 18.5 Å².